The molecule has 0 aliphatic heterocycles. The van der Waals surface area contributed by atoms with Crippen molar-refractivity contribution < 1.29 is 14.3 Å². The van der Waals surface area contributed by atoms with Crippen LogP contribution in [0.5, 0.6) is 0 Å². The number of carbonyl (C=O) groups is 2. The SMILES string of the molecule is CCCNC(=O)Nc1ccccc1NC(=S)NC(=O)OC. The van der Waals surface area contributed by atoms with Gasteiger partial charge in [0.2, 0.25) is 0 Å². The van der Waals surface area contributed by atoms with Crippen molar-refractivity contribution in [3.63, 3.8) is 0 Å². The second-order valence-corrected chi connectivity index (χ2v) is 4.41. The van der Waals surface area contributed by atoms with E-state index in [1.54, 1.807) is 24.3 Å². The van der Waals surface area contributed by atoms with E-state index in [1.807, 2.05) is 6.92 Å². The molecule has 0 atom stereocenters. The van der Waals surface area contributed by atoms with E-state index in [0.717, 1.165) is 6.42 Å². The molecule has 3 amide bonds. The number of alkyl carbamates (subject to hydrolysis) is 1. The van der Waals surface area contributed by atoms with Gasteiger partial charge in [-0.25, -0.2) is 9.59 Å². The Labute approximate surface area is 128 Å². The van der Waals surface area contributed by atoms with E-state index >= 15 is 0 Å². The minimum Gasteiger partial charge on any atom is -0.453 e. The first kappa shape index (κ1) is 16.7. The molecule has 0 heterocycles. The molecule has 7 nitrogen and oxygen atoms in total. The Hall–Kier alpha value is -2.35. The summed E-state index contributed by atoms with van der Waals surface area (Å²) in [6.07, 6.45) is 0.180. The number of anilines is 2. The van der Waals surface area contributed by atoms with Gasteiger partial charge in [0.15, 0.2) is 5.11 Å². The molecular formula is C13H18N4O3S. The molecule has 1 aromatic rings. The number of thiocarbonyl (C=S) groups is 1. The maximum Gasteiger partial charge on any atom is 0.413 e. The molecule has 0 saturated heterocycles. The van der Waals surface area contributed by atoms with Crippen LogP contribution in [0.25, 0.3) is 0 Å². The van der Waals surface area contributed by atoms with Crippen LogP contribution in [0.15, 0.2) is 24.3 Å². The van der Waals surface area contributed by atoms with Crippen molar-refractivity contribution in [1.82, 2.24) is 10.6 Å². The number of para-hydroxylation sites is 2. The number of hydrogen-bond acceptors (Lipinski definition) is 4. The molecule has 4 N–H and O–H groups in total. The number of hydrogen-bond donors (Lipinski definition) is 4. The van der Waals surface area contributed by atoms with Crippen LogP contribution in [0.1, 0.15) is 13.3 Å². The average Bonchev–Trinajstić information content (AvgIpc) is 2.46. The fraction of sp³-hybridized carbons (Fsp3) is 0.308. The van der Waals surface area contributed by atoms with Gasteiger partial charge in [-0.1, -0.05) is 19.1 Å². The average molecular weight is 310 g/mol. The van der Waals surface area contributed by atoms with E-state index in [4.69, 9.17) is 12.2 Å². The minimum absolute atomic E-state index is 0.0741. The highest BCUT2D eigenvalue weighted by Gasteiger charge is 2.08. The van der Waals surface area contributed by atoms with Gasteiger partial charge in [-0.2, -0.15) is 0 Å². The Morgan fingerprint density at radius 1 is 1.19 bits per heavy atom. The summed E-state index contributed by atoms with van der Waals surface area (Å²) in [6, 6.07) is 6.68. The summed E-state index contributed by atoms with van der Waals surface area (Å²) in [5, 5.41) is 10.6. The number of benzene rings is 1. The number of nitrogens with one attached hydrogen (secondary N) is 4. The fourth-order valence-corrected chi connectivity index (χ4v) is 1.60. The van der Waals surface area contributed by atoms with Gasteiger partial charge in [-0.05, 0) is 30.8 Å². The number of methoxy groups -OCH3 is 1. The summed E-state index contributed by atoms with van der Waals surface area (Å²) in [6.45, 7) is 2.55. The molecule has 0 bridgehead atoms. The molecule has 0 saturated carbocycles. The lowest BCUT2D eigenvalue weighted by Gasteiger charge is -2.14. The second-order valence-electron chi connectivity index (χ2n) is 4.00. The minimum atomic E-state index is -0.668. The highest BCUT2D eigenvalue weighted by atomic mass is 32.1. The normalized spacial score (nSPS) is 9.43. The topological polar surface area (TPSA) is 91.5 Å². The summed E-state index contributed by atoms with van der Waals surface area (Å²) in [5.41, 5.74) is 1.10. The van der Waals surface area contributed by atoms with E-state index in [1.165, 1.54) is 7.11 Å². The van der Waals surface area contributed by atoms with Gasteiger partial charge in [-0.3, -0.25) is 5.32 Å². The van der Waals surface area contributed by atoms with E-state index < -0.39 is 6.09 Å². The third-order valence-electron chi connectivity index (χ3n) is 2.36. The molecule has 114 valence electrons. The molecule has 0 aromatic heterocycles. The van der Waals surface area contributed by atoms with Crippen molar-refractivity contribution in [3.8, 4) is 0 Å². The third-order valence-corrected chi connectivity index (χ3v) is 2.56. The quantitative estimate of drug-likeness (QED) is 0.640. The van der Waals surface area contributed by atoms with Gasteiger partial charge in [0.25, 0.3) is 0 Å². The lowest BCUT2D eigenvalue weighted by atomic mass is 10.2. The van der Waals surface area contributed by atoms with Crippen molar-refractivity contribution in [2.24, 2.45) is 0 Å². The zero-order valence-corrected chi connectivity index (χ0v) is 12.7. The van der Waals surface area contributed by atoms with Crippen LogP contribution in [0.4, 0.5) is 21.0 Å². The molecule has 0 aliphatic carbocycles. The number of ether oxygens (including phenoxy) is 1. The van der Waals surface area contributed by atoms with E-state index in [0.29, 0.717) is 17.9 Å². The Morgan fingerprint density at radius 3 is 2.38 bits per heavy atom. The lowest BCUT2D eigenvalue weighted by Crippen LogP contribution is -2.34. The summed E-state index contributed by atoms with van der Waals surface area (Å²) in [7, 11) is 1.24. The van der Waals surface area contributed by atoms with Crippen molar-refractivity contribution in [2.45, 2.75) is 13.3 Å². The molecule has 21 heavy (non-hydrogen) atoms. The molecule has 0 spiro atoms. The third kappa shape index (κ3) is 6.09. The van der Waals surface area contributed by atoms with Crippen LogP contribution >= 0.6 is 12.2 Å². The zero-order chi connectivity index (χ0) is 15.7. The summed E-state index contributed by atoms with van der Waals surface area (Å²) < 4.78 is 4.44. The number of amides is 3. The molecule has 1 aromatic carbocycles. The van der Waals surface area contributed by atoms with Crippen molar-refractivity contribution in [2.75, 3.05) is 24.3 Å². The van der Waals surface area contributed by atoms with Gasteiger partial charge in [0, 0.05) is 6.54 Å². The molecule has 1 rings (SSSR count). The van der Waals surface area contributed by atoms with Crippen LogP contribution in [-0.2, 0) is 4.74 Å². The van der Waals surface area contributed by atoms with Gasteiger partial charge in [-0.15, -0.1) is 0 Å². The number of urea groups is 1. The van der Waals surface area contributed by atoms with Gasteiger partial charge >= 0.3 is 12.1 Å². The number of carbonyl (C=O) groups excluding carboxylic acids is 2. The van der Waals surface area contributed by atoms with Crippen LogP contribution < -0.4 is 21.3 Å². The van der Waals surface area contributed by atoms with E-state index in [9.17, 15) is 9.59 Å². The fourth-order valence-electron chi connectivity index (χ4n) is 1.40. The first-order chi connectivity index (χ1) is 10.1. The molecule has 0 aliphatic rings. The Bertz CT molecular complexity index is 522. The van der Waals surface area contributed by atoms with Gasteiger partial charge in [0.05, 0.1) is 18.5 Å². The molecule has 0 fully saturated rings. The smallest absolute Gasteiger partial charge is 0.413 e. The molecule has 0 radical (unpaired) electrons. The summed E-state index contributed by atoms with van der Waals surface area (Å²) >= 11 is 4.97. The first-order valence-corrected chi connectivity index (χ1v) is 6.77. The zero-order valence-electron chi connectivity index (χ0n) is 11.9. The largest absolute Gasteiger partial charge is 0.453 e. The first-order valence-electron chi connectivity index (χ1n) is 6.36. The van der Waals surface area contributed by atoms with Gasteiger partial charge < -0.3 is 20.7 Å². The summed E-state index contributed by atoms with van der Waals surface area (Å²) in [5.74, 6) is 0. The predicted molar refractivity (Wildman–Crippen MR) is 85.5 cm³/mol. The van der Waals surface area contributed by atoms with Crippen LogP contribution in [0.3, 0.4) is 0 Å². The molecule has 8 heteroatoms. The maximum atomic E-state index is 11.7. The predicted octanol–water partition coefficient (Wildman–Crippen LogP) is 2.27. The maximum absolute atomic E-state index is 11.7. The van der Waals surface area contributed by atoms with Crippen molar-refractivity contribution in [3.05, 3.63) is 24.3 Å². The standard InChI is InChI=1S/C13H18N4O3S/c1-3-8-14-11(18)15-9-6-4-5-7-10(9)16-12(21)17-13(19)20-2/h4-7H,3,8H2,1-2H3,(H2,14,15,18)(H2,16,17,19,21). The van der Waals surface area contributed by atoms with Crippen LogP contribution in [-0.4, -0.2) is 30.9 Å². The lowest BCUT2D eigenvalue weighted by molar-refractivity contribution is 0.177. The number of rotatable bonds is 4. The second kappa shape index (κ2) is 8.75. The monoisotopic (exact) mass is 310 g/mol. The van der Waals surface area contributed by atoms with Crippen molar-refractivity contribution in [1.29, 1.82) is 0 Å². The van der Waals surface area contributed by atoms with E-state index in [-0.39, 0.29) is 11.1 Å². The highest BCUT2D eigenvalue weighted by Crippen LogP contribution is 2.20. The van der Waals surface area contributed by atoms with E-state index in [2.05, 4.69) is 26.0 Å². The molecular weight excluding hydrogens is 292 g/mol. The van der Waals surface area contributed by atoms with Crippen LogP contribution in [0, 0.1) is 0 Å². The van der Waals surface area contributed by atoms with Gasteiger partial charge in [0.1, 0.15) is 0 Å². The highest BCUT2D eigenvalue weighted by molar-refractivity contribution is 7.80. The Kier molecular flexibility index (Phi) is 6.96. The molecule has 0 unspecified atom stereocenters. The Morgan fingerprint density at radius 2 is 1.81 bits per heavy atom. The van der Waals surface area contributed by atoms with Crippen molar-refractivity contribution >= 4 is 40.8 Å². The Balaban J connectivity index is 2.68. The van der Waals surface area contributed by atoms with Crippen LogP contribution in [0.2, 0.25) is 0 Å². The summed E-state index contributed by atoms with van der Waals surface area (Å²) in [4.78, 5) is 22.7.